The van der Waals surface area contributed by atoms with Crippen LogP contribution in [0.1, 0.15) is 21.8 Å². The summed E-state index contributed by atoms with van der Waals surface area (Å²) in [6.07, 6.45) is 0. The van der Waals surface area contributed by atoms with Crippen molar-refractivity contribution in [3.05, 3.63) is 47.3 Å². The first-order chi connectivity index (χ1) is 9.66. The normalized spacial score (nSPS) is 13.0. The van der Waals surface area contributed by atoms with Gasteiger partial charge in [0, 0.05) is 22.2 Å². The number of carbonyl (C=O) groups excluding carboxylic acids is 1. The van der Waals surface area contributed by atoms with Crippen LogP contribution in [0.4, 0.5) is 5.69 Å². The number of amides is 1. The topological polar surface area (TPSA) is 55.1 Å². The molecular weight excluding hydrogens is 252 g/mol. The Kier molecular flexibility index (Phi) is 2.07. The number of aryl methyl sites for hydroxylation is 2. The van der Waals surface area contributed by atoms with Crippen molar-refractivity contribution in [2.45, 2.75) is 13.8 Å². The second kappa shape index (κ2) is 3.70. The van der Waals surface area contributed by atoms with E-state index in [2.05, 4.69) is 10.5 Å². The van der Waals surface area contributed by atoms with Crippen molar-refractivity contribution in [2.75, 3.05) is 5.32 Å². The molecule has 1 amide bonds. The van der Waals surface area contributed by atoms with Gasteiger partial charge in [-0.05, 0) is 36.9 Å². The summed E-state index contributed by atoms with van der Waals surface area (Å²) in [7, 11) is 0. The molecule has 0 saturated carbocycles. The fourth-order valence-corrected chi connectivity index (χ4v) is 2.98. The van der Waals surface area contributed by atoms with Gasteiger partial charge in [-0.1, -0.05) is 23.4 Å². The van der Waals surface area contributed by atoms with Crippen molar-refractivity contribution in [3.8, 4) is 11.1 Å². The molecule has 1 aliphatic rings. The first-order valence-electron chi connectivity index (χ1n) is 6.47. The molecule has 0 atom stereocenters. The lowest BCUT2D eigenvalue weighted by Crippen LogP contribution is -2.03. The lowest BCUT2D eigenvalue weighted by molar-refractivity contribution is 0.103. The fraction of sp³-hybridized carbons (Fsp3) is 0.125. The Bertz CT molecular complexity index is 858. The molecule has 2 heterocycles. The molecule has 0 bridgehead atoms. The van der Waals surface area contributed by atoms with E-state index in [4.69, 9.17) is 4.52 Å². The second-order valence-electron chi connectivity index (χ2n) is 5.04. The third kappa shape index (κ3) is 1.30. The van der Waals surface area contributed by atoms with Gasteiger partial charge in [-0.2, -0.15) is 0 Å². The van der Waals surface area contributed by atoms with E-state index >= 15 is 0 Å². The molecular formula is C16H12N2O2. The van der Waals surface area contributed by atoms with Gasteiger partial charge in [0.1, 0.15) is 5.76 Å². The van der Waals surface area contributed by atoms with Crippen LogP contribution in [0.5, 0.6) is 0 Å². The summed E-state index contributed by atoms with van der Waals surface area (Å²) in [4.78, 5) is 11.9. The first kappa shape index (κ1) is 11.2. The summed E-state index contributed by atoms with van der Waals surface area (Å²) in [5.74, 6) is 0.752. The van der Waals surface area contributed by atoms with Gasteiger partial charge in [-0.25, -0.2) is 0 Å². The lowest BCUT2D eigenvalue weighted by Gasteiger charge is -2.07. The number of nitrogens with zero attached hydrogens (tertiary/aromatic N) is 1. The number of rotatable bonds is 1. The number of anilines is 1. The summed E-state index contributed by atoms with van der Waals surface area (Å²) in [6.45, 7) is 3.83. The predicted molar refractivity (Wildman–Crippen MR) is 76.9 cm³/mol. The molecule has 1 aliphatic heterocycles. The standard InChI is InChI=1S/C16H12N2O2/c1-8-14(9(2)20-18-8)11-6-7-13-15-10(11)4-3-5-12(15)16(19)17-13/h3-7H,1-2H3,(H,17,19). The Balaban J connectivity index is 2.14. The third-order valence-electron chi connectivity index (χ3n) is 3.84. The van der Waals surface area contributed by atoms with E-state index in [9.17, 15) is 4.79 Å². The Morgan fingerprint density at radius 2 is 1.95 bits per heavy atom. The van der Waals surface area contributed by atoms with Crippen LogP contribution in [0, 0.1) is 13.8 Å². The molecule has 0 fully saturated rings. The van der Waals surface area contributed by atoms with Crippen molar-refractivity contribution >= 4 is 22.4 Å². The summed E-state index contributed by atoms with van der Waals surface area (Å²) < 4.78 is 5.26. The molecule has 20 heavy (non-hydrogen) atoms. The number of hydrogen-bond donors (Lipinski definition) is 1. The highest BCUT2D eigenvalue weighted by molar-refractivity contribution is 6.25. The zero-order valence-corrected chi connectivity index (χ0v) is 11.2. The van der Waals surface area contributed by atoms with Crippen LogP contribution in [0.3, 0.4) is 0 Å². The molecule has 4 heteroatoms. The van der Waals surface area contributed by atoms with Gasteiger partial charge in [0.2, 0.25) is 0 Å². The molecule has 0 spiro atoms. The molecule has 0 saturated heterocycles. The maximum Gasteiger partial charge on any atom is 0.256 e. The average Bonchev–Trinajstić information content (AvgIpc) is 2.94. The molecule has 1 aromatic heterocycles. The Hall–Kier alpha value is -2.62. The van der Waals surface area contributed by atoms with Gasteiger partial charge in [0.05, 0.1) is 5.69 Å². The van der Waals surface area contributed by atoms with E-state index in [0.29, 0.717) is 0 Å². The van der Waals surface area contributed by atoms with E-state index < -0.39 is 0 Å². The first-order valence-corrected chi connectivity index (χ1v) is 6.47. The molecule has 2 aromatic carbocycles. The molecule has 0 radical (unpaired) electrons. The molecule has 4 rings (SSSR count). The molecule has 0 aliphatic carbocycles. The highest BCUT2D eigenvalue weighted by atomic mass is 16.5. The Morgan fingerprint density at radius 3 is 2.70 bits per heavy atom. The molecule has 3 aromatic rings. The van der Waals surface area contributed by atoms with Gasteiger partial charge in [-0.3, -0.25) is 4.79 Å². The van der Waals surface area contributed by atoms with Crippen LogP contribution < -0.4 is 5.32 Å². The fourth-order valence-electron chi connectivity index (χ4n) is 2.98. The van der Waals surface area contributed by atoms with E-state index in [0.717, 1.165) is 44.6 Å². The maximum atomic E-state index is 11.9. The van der Waals surface area contributed by atoms with Crippen LogP contribution in [0.25, 0.3) is 21.9 Å². The quantitative estimate of drug-likeness (QED) is 0.729. The highest BCUT2D eigenvalue weighted by Crippen LogP contribution is 2.40. The zero-order valence-electron chi connectivity index (χ0n) is 11.2. The van der Waals surface area contributed by atoms with Gasteiger partial charge in [0.25, 0.3) is 5.91 Å². The summed E-state index contributed by atoms with van der Waals surface area (Å²) in [6, 6.07) is 9.75. The minimum Gasteiger partial charge on any atom is -0.361 e. The smallest absolute Gasteiger partial charge is 0.256 e. The summed E-state index contributed by atoms with van der Waals surface area (Å²) in [5, 5.41) is 8.94. The van der Waals surface area contributed by atoms with E-state index in [-0.39, 0.29) is 5.91 Å². The molecule has 1 N–H and O–H groups in total. The molecule has 4 nitrogen and oxygen atoms in total. The zero-order chi connectivity index (χ0) is 13.9. The highest BCUT2D eigenvalue weighted by Gasteiger charge is 2.24. The maximum absolute atomic E-state index is 11.9. The number of benzene rings is 2. The Morgan fingerprint density at radius 1 is 1.10 bits per heavy atom. The molecule has 98 valence electrons. The van der Waals surface area contributed by atoms with Crippen LogP contribution in [0.2, 0.25) is 0 Å². The van der Waals surface area contributed by atoms with Crippen LogP contribution in [-0.2, 0) is 0 Å². The van der Waals surface area contributed by atoms with Crippen LogP contribution in [0.15, 0.2) is 34.9 Å². The van der Waals surface area contributed by atoms with Crippen LogP contribution in [-0.4, -0.2) is 11.1 Å². The average molecular weight is 264 g/mol. The number of aromatic nitrogens is 1. The van der Waals surface area contributed by atoms with Gasteiger partial charge in [-0.15, -0.1) is 0 Å². The van der Waals surface area contributed by atoms with Gasteiger partial charge >= 0.3 is 0 Å². The van der Waals surface area contributed by atoms with Crippen molar-refractivity contribution in [2.24, 2.45) is 0 Å². The SMILES string of the molecule is Cc1noc(C)c1-c1ccc2c3c(cccc13)C(=O)N2. The largest absolute Gasteiger partial charge is 0.361 e. The third-order valence-corrected chi connectivity index (χ3v) is 3.84. The van der Waals surface area contributed by atoms with E-state index in [1.165, 1.54) is 0 Å². The minimum absolute atomic E-state index is 0.0403. The second-order valence-corrected chi connectivity index (χ2v) is 5.04. The summed E-state index contributed by atoms with van der Waals surface area (Å²) >= 11 is 0. The molecule has 0 unspecified atom stereocenters. The van der Waals surface area contributed by atoms with Crippen molar-refractivity contribution in [1.82, 2.24) is 5.16 Å². The van der Waals surface area contributed by atoms with Crippen molar-refractivity contribution < 1.29 is 9.32 Å². The van der Waals surface area contributed by atoms with Crippen molar-refractivity contribution in [3.63, 3.8) is 0 Å². The number of hydrogen-bond acceptors (Lipinski definition) is 3. The Labute approximate surface area is 115 Å². The van der Waals surface area contributed by atoms with E-state index in [1.807, 2.05) is 44.2 Å². The van der Waals surface area contributed by atoms with Crippen molar-refractivity contribution in [1.29, 1.82) is 0 Å². The number of carbonyl (C=O) groups is 1. The van der Waals surface area contributed by atoms with Crippen LogP contribution >= 0.6 is 0 Å². The minimum atomic E-state index is -0.0403. The monoisotopic (exact) mass is 264 g/mol. The lowest BCUT2D eigenvalue weighted by atomic mass is 9.95. The van der Waals surface area contributed by atoms with E-state index in [1.54, 1.807) is 0 Å². The predicted octanol–water partition coefficient (Wildman–Crippen LogP) is 3.68. The number of nitrogens with one attached hydrogen (secondary N) is 1. The van der Waals surface area contributed by atoms with Gasteiger partial charge < -0.3 is 9.84 Å². The summed E-state index contributed by atoms with van der Waals surface area (Å²) in [5.41, 5.74) is 4.52. The van der Waals surface area contributed by atoms with Gasteiger partial charge in [0.15, 0.2) is 0 Å².